The molecule has 1 aliphatic rings. The van der Waals surface area contributed by atoms with Crippen molar-refractivity contribution < 1.29 is 18.3 Å². The second kappa shape index (κ2) is 3.25. The first-order valence-corrected chi connectivity index (χ1v) is 3.76. The maximum absolute atomic E-state index is 12.6. The third-order valence-corrected chi connectivity index (χ3v) is 1.93. The number of carbonyl (C=O) groups is 1. The molecule has 1 saturated heterocycles. The topological polar surface area (TPSA) is 29.5 Å². The summed E-state index contributed by atoms with van der Waals surface area (Å²) in [5.74, 6) is -2.61. The van der Waals surface area contributed by atoms with Crippen LogP contribution in [0.1, 0.15) is 12.8 Å². The Kier molecular flexibility index (Phi) is 2.49. The van der Waals surface area contributed by atoms with Crippen LogP contribution in [0.5, 0.6) is 0 Å². The molecule has 5 heteroatoms. The van der Waals surface area contributed by atoms with Gasteiger partial charge < -0.3 is 9.64 Å². The van der Waals surface area contributed by atoms with Crippen LogP contribution >= 0.6 is 0 Å². The van der Waals surface area contributed by atoms with Crippen LogP contribution in [0.15, 0.2) is 0 Å². The van der Waals surface area contributed by atoms with Crippen molar-refractivity contribution in [2.24, 2.45) is 0 Å². The SMILES string of the molecule is COC(=O)N1CCC(F)(F)CC1. The van der Waals surface area contributed by atoms with Gasteiger partial charge in [-0.3, -0.25) is 0 Å². The van der Waals surface area contributed by atoms with Gasteiger partial charge in [0, 0.05) is 25.9 Å². The smallest absolute Gasteiger partial charge is 0.409 e. The molecule has 0 aromatic carbocycles. The molecule has 0 spiro atoms. The van der Waals surface area contributed by atoms with Crippen LogP contribution in [0.3, 0.4) is 0 Å². The minimum Gasteiger partial charge on any atom is -0.453 e. The van der Waals surface area contributed by atoms with Crippen LogP contribution in [-0.4, -0.2) is 37.1 Å². The summed E-state index contributed by atoms with van der Waals surface area (Å²) in [6.07, 6.45) is -1.05. The average molecular weight is 179 g/mol. The molecule has 1 rings (SSSR count). The van der Waals surface area contributed by atoms with E-state index in [1.807, 2.05) is 0 Å². The molecule has 1 amide bonds. The maximum Gasteiger partial charge on any atom is 0.409 e. The van der Waals surface area contributed by atoms with E-state index < -0.39 is 12.0 Å². The quantitative estimate of drug-likeness (QED) is 0.563. The van der Waals surface area contributed by atoms with Crippen LogP contribution in [0.25, 0.3) is 0 Å². The van der Waals surface area contributed by atoms with Crippen molar-refractivity contribution in [1.29, 1.82) is 0 Å². The van der Waals surface area contributed by atoms with E-state index in [9.17, 15) is 13.6 Å². The summed E-state index contributed by atoms with van der Waals surface area (Å²) in [5.41, 5.74) is 0. The van der Waals surface area contributed by atoms with Crippen LogP contribution in [-0.2, 0) is 4.74 Å². The number of hydrogen-bond donors (Lipinski definition) is 0. The number of rotatable bonds is 0. The minimum absolute atomic E-state index is 0.0830. The van der Waals surface area contributed by atoms with Gasteiger partial charge in [-0.05, 0) is 0 Å². The molecular formula is C7H11F2NO2. The molecule has 0 unspecified atom stereocenters. The number of amides is 1. The standard InChI is InChI=1S/C7H11F2NO2/c1-12-6(11)10-4-2-7(8,9)3-5-10/h2-5H2,1H3. The van der Waals surface area contributed by atoms with Crippen LogP contribution in [0.4, 0.5) is 13.6 Å². The third kappa shape index (κ3) is 2.06. The molecule has 0 radical (unpaired) electrons. The minimum atomic E-state index is -2.61. The van der Waals surface area contributed by atoms with Crippen molar-refractivity contribution in [2.75, 3.05) is 20.2 Å². The largest absolute Gasteiger partial charge is 0.453 e. The van der Waals surface area contributed by atoms with E-state index in [1.165, 1.54) is 12.0 Å². The Hall–Kier alpha value is -0.870. The monoisotopic (exact) mass is 179 g/mol. The Labute approximate surface area is 69.3 Å². The fraction of sp³-hybridized carbons (Fsp3) is 0.857. The van der Waals surface area contributed by atoms with E-state index in [0.29, 0.717) is 0 Å². The molecule has 0 N–H and O–H groups in total. The summed E-state index contributed by atoms with van der Waals surface area (Å²) in [5, 5.41) is 0. The number of ether oxygens (including phenoxy) is 1. The number of piperidine rings is 1. The van der Waals surface area contributed by atoms with Crippen molar-refractivity contribution >= 4 is 6.09 Å². The van der Waals surface area contributed by atoms with E-state index in [2.05, 4.69) is 4.74 Å². The maximum atomic E-state index is 12.6. The molecule has 1 aliphatic heterocycles. The van der Waals surface area contributed by atoms with Gasteiger partial charge in [0.25, 0.3) is 5.92 Å². The van der Waals surface area contributed by atoms with Gasteiger partial charge >= 0.3 is 6.09 Å². The Morgan fingerprint density at radius 2 is 1.92 bits per heavy atom. The molecule has 70 valence electrons. The summed E-state index contributed by atoms with van der Waals surface area (Å²) in [7, 11) is 1.25. The Morgan fingerprint density at radius 1 is 1.42 bits per heavy atom. The predicted molar refractivity (Wildman–Crippen MR) is 38.2 cm³/mol. The second-order valence-corrected chi connectivity index (χ2v) is 2.81. The highest BCUT2D eigenvalue weighted by molar-refractivity contribution is 5.67. The van der Waals surface area contributed by atoms with Gasteiger partial charge in [-0.25, -0.2) is 13.6 Å². The lowest BCUT2D eigenvalue weighted by Crippen LogP contribution is -2.42. The number of methoxy groups -OCH3 is 1. The molecule has 3 nitrogen and oxygen atoms in total. The lowest BCUT2D eigenvalue weighted by molar-refractivity contribution is -0.0514. The Morgan fingerprint density at radius 3 is 2.33 bits per heavy atom. The lowest BCUT2D eigenvalue weighted by Gasteiger charge is -2.30. The van der Waals surface area contributed by atoms with E-state index >= 15 is 0 Å². The molecule has 12 heavy (non-hydrogen) atoms. The zero-order valence-corrected chi connectivity index (χ0v) is 6.85. The van der Waals surface area contributed by atoms with Crippen molar-refractivity contribution in [2.45, 2.75) is 18.8 Å². The summed E-state index contributed by atoms with van der Waals surface area (Å²) in [6, 6.07) is 0. The fourth-order valence-electron chi connectivity index (χ4n) is 1.15. The van der Waals surface area contributed by atoms with Crippen LogP contribution < -0.4 is 0 Å². The number of nitrogens with zero attached hydrogens (tertiary/aromatic N) is 1. The van der Waals surface area contributed by atoms with Gasteiger partial charge in [-0.15, -0.1) is 0 Å². The van der Waals surface area contributed by atoms with Crippen molar-refractivity contribution in [1.82, 2.24) is 4.90 Å². The normalized spacial score (nSPS) is 22.1. The summed E-state index contributed by atoms with van der Waals surface area (Å²) >= 11 is 0. The lowest BCUT2D eigenvalue weighted by atomic mass is 10.1. The Balaban J connectivity index is 2.41. The summed E-state index contributed by atoms with van der Waals surface area (Å²) in [4.78, 5) is 12.1. The molecular weight excluding hydrogens is 168 g/mol. The first-order valence-electron chi connectivity index (χ1n) is 3.76. The summed E-state index contributed by atoms with van der Waals surface area (Å²) < 4.78 is 29.5. The molecule has 0 saturated carbocycles. The van der Waals surface area contributed by atoms with Gasteiger partial charge in [0.2, 0.25) is 0 Å². The third-order valence-electron chi connectivity index (χ3n) is 1.93. The summed E-state index contributed by atoms with van der Waals surface area (Å²) in [6.45, 7) is 0.166. The van der Waals surface area contributed by atoms with Gasteiger partial charge in [0.15, 0.2) is 0 Å². The van der Waals surface area contributed by atoms with E-state index in [-0.39, 0.29) is 25.9 Å². The number of likely N-dealkylation sites (tertiary alicyclic amines) is 1. The van der Waals surface area contributed by atoms with Gasteiger partial charge in [-0.1, -0.05) is 0 Å². The number of alkyl halides is 2. The first kappa shape index (κ1) is 9.22. The highest BCUT2D eigenvalue weighted by atomic mass is 19.3. The average Bonchev–Trinajstić information content (AvgIpc) is 2.03. The van der Waals surface area contributed by atoms with Crippen molar-refractivity contribution in [3.63, 3.8) is 0 Å². The molecule has 0 aromatic rings. The highest BCUT2D eigenvalue weighted by Gasteiger charge is 2.35. The molecule has 0 bridgehead atoms. The number of hydrogen-bond acceptors (Lipinski definition) is 2. The van der Waals surface area contributed by atoms with E-state index in [1.54, 1.807) is 0 Å². The number of halogens is 2. The molecule has 0 aliphatic carbocycles. The molecule has 0 atom stereocenters. The predicted octanol–water partition coefficient (Wildman–Crippen LogP) is 1.48. The highest BCUT2D eigenvalue weighted by Crippen LogP contribution is 2.27. The Bertz CT molecular complexity index is 174. The molecule has 0 aromatic heterocycles. The van der Waals surface area contributed by atoms with Crippen LogP contribution in [0.2, 0.25) is 0 Å². The molecule has 1 fully saturated rings. The molecule has 1 heterocycles. The zero-order chi connectivity index (χ0) is 9.19. The van der Waals surface area contributed by atoms with Gasteiger partial charge in [-0.2, -0.15) is 0 Å². The van der Waals surface area contributed by atoms with Crippen molar-refractivity contribution in [3.05, 3.63) is 0 Å². The second-order valence-electron chi connectivity index (χ2n) is 2.81. The van der Waals surface area contributed by atoms with Gasteiger partial charge in [0.1, 0.15) is 0 Å². The van der Waals surface area contributed by atoms with E-state index in [4.69, 9.17) is 0 Å². The first-order chi connectivity index (χ1) is 5.55. The van der Waals surface area contributed by atoms with E-state index in [0.717, 1.165) is 0 Å². The van der Waals surface area contributed by atoms with Crippen LogP contribution in [0, 0.1) is 0 Å². The number of carbonyl (C=O) groups excluding carboxylic acids is 1. The van der Waals surface area contributed by atoms with Gasteiger partial charge in [0.05, 0.1) is 7.11 Å². The van der Waals surface area contributed by atoms with Crippen molar-refractivity contribution in [3.8, 4) is 0 Å². The fourth-order valence-corrected chi connectivity index (χ4v) is 1.15. The zero-order valence-electron chi connectivity index (χ0n) is 6.85.